The summed E-state index contributed by atoms with van der Waals surface area (Å²) in [5.74, 6) is -0.213. The van der Waals surface area contributed by atoms with Gasteiger partial charge in [0.2, 0.25) is 11.8 Å². The molecule has 31 heavy (non-hydrogen) atoms. The fourth-order valence-corrected chi connectivity index (χ4v) is 4.34. The molecule has 158 valence electrons. The Labute approximate surface area is 187 Å². The molecule has 0 bridgehead atoms. The molecule has 2 atom stereocenters. The van der Waals surface area contributed by atoms with E-state index in [1.807, 2.05) is 59.5 Å². The second-order valence-corrected chi connectivity index (χ2v) is 8.44. The van der Waals surface area contributed by atoms with E-state index in [4.69, 9.17) is 11.6 Å². The largest absolute Gasteiger partial charge is 0.341 e. The van der Waals surface area contributed by atoms with Crippen molar-refractivity contribution in [2.45, 2.75) is 18.8 Å². The number of carbonyl (C=O) groups excluding carboxylic acids is 2. The Balaban J connectivity index is 1.52. The van der Waals surface area contributed by atoms with E-state index in [0.29, 0.717) is 36.6 Å². The van der Waals surface area contributed by atoms with Crippen LogP contribution in [0.25, 0.3) is 0 Å². The molecule has 1 saturated heterocycles. The minimum Gasteiger partial charge on any atom is -0.341 e. The highest BCUT2D eigenvalue weighted by Gasteiger charge is 2.34. The summed E-state index contributed by atoms with van der Waals surface area (Å²) in [4.78, 5) is 28.0. The van der Waals surface area contributed by atoms with Gasteiger partial charge in [0.15, 0.2) is 0 Å². The Hall–Kier alpha value is -3.11. The zero-order valence-corrected chi connectivity index (χ0v) is 18.0. The first kappa shape index (κ1) is 21.1. The van der Waals surface area contributed by atoms with E-state index < -0.39 is 0 Å². The monoisotopic (exact) mass is 432 g/mol. The number of anilines is 1. The molecule has 0 spiro atoms. The fraction of sp³-hybridized carbons (Fsp3) is 0.231. The average molecular weight is 433 g/mol. The van der Waals surface area contributed by atoms with Crippen LogP contribution >= 0.6 is 11.6 Å². The van der Waals surface area contributed by atoms with Gasteiger partial charge in [-0.3, -0.25) is 9.59 Å². The summed E-state index contributed by atoms with van der Waals surface area (Å²) < 4.78 is 0. The lowest BCUT2D eigenvalue weighted by atomic mass is 9.83. The van der Waals surface area contributed by atoms with Crippen molar-refractivity contribution in [3.63, 3.8) is 0 Å². The van der Waals surface area contributed by atoms with Gasteiger partial charge in [0.05, 0.1) is 12.3 Å². The highest BCUT2D eigenvalue weighted by molar-refractivity contribution is 6.30. The number of rotatable bonds is 5. The van der Waals surface area contributed by atoms with E-state index in [2.05, 4.69) is 17.4 Å². The Bertz CT molecular complexity index is 1040. The van der Waals surface area contributed by atoms with Crippen LogP contribution in [-0.4, -0.2) is 29.8 Å². The van der Waals surface area contributed by atoms with Crippen LogP contribution in [0, 0.1) is 5.92 Å². The summed E-state index contributed by atoms with van der Waals surface area (Å²) >= 11 is 6.05. The predicted octanol–water partition coefficient (Wildman–Crippen LogP) is 5.15. The first-order valence-electron chi connectivity index (χ1n) is 10.5. The van der Waals surface area contributed by atoms with Crippen molar-refractivity contribution >= 4 is 29.1 Å². The van der Waals surface area contributed by atoms with Crippen LogP contribution < -0.4 is 5.32 Å². The first-order chi connectivity index (χ1) is 15.1. The molecule has 1 aliphatic rings. The number of carbonyl (C=O) groups is 2. The Morgan fingerprint density at radius 1 is 0.903 bits per heavy atom. The summed E-state index contributed by atoms with van der Waals surface area (Å²) in [5.41, 5.74) is 2.80. The third kappa shape index (κ3) is 5.53. The number of hydrogen-bond donors (Lipinski definition) is 1. The van der Waals surface area contributed by atoms with E-state index in [1.165, 1.54) is 0 Å². The molecule has 1 fully saturated rings. The van der Waals surface area contributed by atoms with Crippen LogP contribution in [0.2, 0.25) is 5.02 Å². The normalized spacial score (nSPS) is 18.4. The molecule has 0 aliphatic carbocycles. The third-order valence-electron chi connectivity index (χ3n) is 5.74. The highest BCUT2D eigenvalue weighted by atomic mass is 35.5. The topological polar surface area (TPSA) is 49.4 Å². The Morgan fingerprint density at radius 3 is 2.32 bits per heavy atom. The minimum atomic E-state index is -0.294. The molecule has 5 heteroatoms. The van der Waals surface area contributed by atoms with Gasteiger partial charge >= 0.3 is 0 Å². The van der Waals surface area contributed by atoms with Gasteiger partial charge in [-0.25, -0.2) is 0 Å². The molecular weight excluding hydrogens is 408 g/mol. The molecule has 1 heterocycles. The molecule has 0 radical (unpaired) electrons. The summed E-state index contributed by atoms with van der Waals surface area (Å²) in [6.45, 7) is 1.04. The van der Waals surface area contributed by atoms with Crippen molar-refractivity contribution in [2.75, 3.05) is 18.4 Å². The van der Waals surface area contributed by atoms with Gasteiger partial charge < -0.3 is 10.2 Å². The molecular formula is C26H25ClN2O2. The minimum absolute atomic E-state index is 0.0485. The van der Waals surface area contributed by atoms with Crippen molar-refractivity contribution in [3.8, 4) is 0 Å². The van der Waals surface area contributed by atoms with Crippen LogP contribution in [0.5, 0.6) is 0 Å². The van der Waals surface area contributed by atoms with Gasteiger partial charge in [-0.15, -0.1) is 0 Å². The van der Waals surface area contributed by atoms with Gasteiger partial charge in [-0.1, -0.05) is 78.3 Å². The third-order valence-corrected chi connectivity index (χ3v) is 5.97. The van der Waals surface area contributed by atoms with Crippen molar-refractivity contribution in [1.82, 2.24) is 4.90 Å². The fourth-order valence-electron chi connectivity index (χ4n) is 4.15. The lowest BCUT2D eigenvalue weighted by Crippen LogP contribution is -2.47. The number of halogens is 1. The molecule has 4 rings (SSSR count). The van der Waals surface area contributed by atoms with E-state index >= 15 is 0 Å². The predicted molar refractivity (Wildman–Crippen MR) is 124 cm³/mol. The maximum absolute atomic E-state index is 13.1. The summed E-state index contributed by atoms with van der Waals surface area (Å²) in [5, 5.41) is 3.54. The molecule has 0 saturated carbocycles. The average Bonchev–Trinajstić information content (AvgIpc) is 2.80. The van der Waals surface area contributed by atoms with Gasteiger partial charge in [0, 0.05) is 29.7 Å². The molecule has 2 unspecified atom stereocenters. The number of hydrogen-bond acceptors (Lipinski definition) is 2. The number of nitrogens with zero attached hydrogens (tertiary/aromatic N) is 1. The zero-order chi connectivity index (χ0) is 21.6. The summed E-state index contributed by atoms with van der Waals surface area (Å²) in [6.07, 6.45) is 1.04. The number of benzene rings is 3. The number of nitrogens with one attached hydrogen (secondary N) is 1. The molecule has 3 aromatic carbocycles. The van der Waals surface area contributed by atoms with Crippen molar-refractivity contribution < 1.29 is 9.59 Å². The van der Waals surface area contributed by atoms with Crippen LogP contribution in [0.3, 0.4) is 0 Å². The van der Waals surface area contributed by atoms with Crippen LogP contribution in [0.1, 0.15) is 23.5 Å². The summed E-state index contributed by atoms with van der Waals surface area (Å²) in [7, 11) is 0. The number of piperidine rings is 1. The molecule has 1 aliphatic heterocycles. The van der Waals surface area contributed by atoms with E-state index in [0.717, 1.165) is 11.1 Å². The van der Waals surface area contributed by atoms with E-state index in [9.17, 15) is 9.59 Å². The highest BCUT2D eigenvalue weighted by Crippen LogP contribution is 2.31. The smallest absolute Gasteiger partial charge is 0.229 e. The van der Waals surface area contributed by atoms with Crippen LogP contribution in [-0.2, 0) is 16.0 Å². The van der Waals surface area contributed by atoms with Crippen molar-refractivity contribution in [3.05, 3.63) is 101 Å². The van der Waals surface area contributed by atoms with Gasteiger partial charge in [-0.2, -0.15) is 0 Å². The van der Waals surface area contributed by atoms with Crippen molar-refractivity contribution in [1.29, 1.82) is 0 Å². The lowest BCUT2D eigenvalue weighted by Gasteiger charge is -2.37. The van der Waals surface area contributed by atoms with Crippen LogP contribution in [0.15, 0.2) is 84.9 Å². The Morgan fingerprint density at radius 2 is 1.61 bits per heavy atom. The van der Waals surface area contributed by atoms with Gasteiger partial charge in [-0.05, 0) is 35.7 Å². The van der Waals surface area contributed by atoms with Crippen LogP contribution in [0.4, 0.5) is 5.69 Å². The van der Waals surface area contributed by atoms with E-state index in [-0.39, 0.29) is 23.7 Å². The second kappa shape index (κ2) is 9.80. The molecule has 1 N–H and O–H groups in total. The first-order valence-corrected chi connectivity index (χ1v) is 10.9. The molecule has 2 amide bonds. The zero-order valence-electron chi connectivity index (χ0n) is 17.2. The SMILES string of the molecule is O=C(Nc1cccc(Cl)c1)C1CC(c2ccccc2)CN(C(=O)Cc2ccccc2)C1. The quantitative estimate of drug-likeness (QED) is 0.605. The molecule has 4 nitrogen and oxygen atoms in total. The number of amides is 2. The standard InChI is InChI=1S/C26H25ClN2O2/c27-23-12-7-13-24(16-23)28-26(31)22-15-21(20-10-5-2-6-11-20)17-29(18-22)25(30)14-19-8-3-1-4-9-19/h1-13,16,21-22H,14-15,17-18H2,(H,28,31). The van der Waals surface area contributed by atoms with Crippen molar-refractivity contribution in [2.24, 2.45) is 5.92 Å². The Kier molecular flexibility index (Phi) is 6.68. The second-order valence-electron chi connectivity index (χ2n) is 8.00. The van der Waals surface area contributed by atoms with Gasteiger partial charge in [0.25, 0.3) is 0 Å². The molecule has 0 aromatic heterocycles. The lowest BCUT2D eigenvalue weighted by molar-refractivity contribution is -0.134. The maximum Gasteiger partial charge on any atom is 0.229 e. The number of likely N-dealkylation sites (tertiary alicyclic amines) is 1. The summed E-state index contributed by atoms with van der Waals surface area (Å²) in [6, 6.07) is 27.0. The van der Waals surface area contributed by atoms with Gasteiger partial charge in [0.1, 0.15) is 0 Å². The maximum atomic E-state index is 13.1. The molecule has 3 aromatic rings. The van der Waals surface area contributed by atoms with E-state index in [1.54, 1.807) is 18.2 Å².